The zero-order valence-electron chi connectivity index (χ0n) is 20.1. The van der Waals surface area contributed by atoms with Crippen molar-refractivity contribution in [3.63, 3.8) is 0 Å². The molecule has 1 saturated heterocycles. The van der Waals surface area contributed by atoms with Crippen LogP contribution in [0.4, 0.5) is 19.0 Å². The van der Waals surface area contributed by atoms with Gasteiger partial charge in [0.15, 0.2) is 0 Å². The molecule has 35 heavy (non-hydrogen) atoms. The van der Waals surface area contributed by atoms with Gasteiger partial charge in [0.25, 0.3) is 5.91 Å². The third-order valence-corrected chi connectivity index (χ3v) is 6.57. The number of alkyl halides is 3. The van der Waals surface area contributed by atoms with E-state index in [9.17, 15) is 18.0 Å². The molecule has 5 nitrogen and oxygen atoms in total. The Hall–Kier alpha value is -3.42. The van der Waals surface area contributed by atoms with Crippen molar-refractivity contribution in [1.82, 2.24) is 14.9 Å². The molecule has 3 aromatic rings. The van der Waals surface area contributed by atoms with Crippen LogP contribution in [0.25, 0.3) is 11.1 Å². The van der Waals surface area contributed by atoms with E-state index in [1.165, 1.54) is 6.07 Å². The van der Waals surface area contributed by atoms with Crippen LogP contribution in [0.3, 0.4) is 0 Å². The largest absolute Gasteiger partial charge is 0.417 e. The van der Waals surface area contributed by atoms with Crippen molar-refractivity contribution in [2.45, 2.75) is 45.8 Å². The van der Waals surface area contributed by atoms with Gasteiger partial charge in [-0.1, -0.05) is 24.6 Å². The predicted octanol–water partition coefficient (Wildman–Crippen LogP) is 6.13. The lowest BCUT2D eigenvalue weighted by Gasteiger charge is -2.40. The second-order valence-electron chi connectivity index (χ2n) is 9.23. The van der Waals surface area contributed by atoms with Crippen molar-refractivity contribution < 1.29 is 18.0 Å². The van der Waals surface area contributed by atoms with E-state index in [-0.39, 0.29) is 17.9 Å². The van der Waals surface area contributed by atoms with Gasteiger partial charge in [-0.3, -0.25) is 9.78 Å². The Morgan fingerprint density at radius 1 is 1.11 bits per heavy atom. The summed E-state index contributed by atoms with van der Waals surface area (Å²) in [6.07, 6.45) is 0.0144. The number of carbonyl (C=O) groups is 1. The van der Waals surface area contributed by atoms with Gasteiger partial charge >= 0.3 is 6.18 Å². The molecule has 2 atom stereocenters. The van der Waals surface area contributed by atoms with Crippen LogP contribution in [0.5, 0.6) is 0 Å². The fourth-order valence-electron chi connectivity index (χ4n) is 4.64. The quantitative estimate of drug-likeness (QED) is 0.475. The van der Waals surface area contributed by atoms with Crippen LogP contribution in [-0.2, 0) is 6.18 Å². The number of hydrogen-bond acceptors (Lipinski definition) is 4. The lowest BCUT2D eigenvalue weighted by Crippen LogP contribution is -2.51. The summed E-state index contributed by atoms with van der Waals surface area (Å²) in [6.45, 7) is 7.02. The number of hydrogen-bond donors (Lipinski definition) is 1. The minimum atomic E-state index is -4.43. The minimum Gasteiger partial charge on any atom is -0.368 e. The number of amides is 1. The van der Waals surface area contributed by atoms with Gasteiger partial charge in [0.05, 0.1) is 11.6 Å². The third-order valence-electron chi connectivity index (χ3n) is 6.57. The van der Waals surface area contributed by atoms with Gasteiger partial charge in [-0.2, -0.15) is 13.2 Å². The fraction of sp³-hybridized carbons (Fsp3) is 0.370. The minimum absolute atomic E-state index is 0.0445. The molecule has 0 bridgehead atoms. The van der Waals surface area contributed by atoms with Crippen LogP contribution >= 0.6 is 0 Å². The molecule has 0 saturated carbocycles. The summed E-state index contributed by atoms with van der Waals surface area (Å²) in [7, 11) is 0. The first-order valence-electron chi connectivity index (χ1n) is 11.8. The summed E-state index contributed by atoms with van der Waals surface area (Å²) in [4.78, 5) is 24.0. The lowest BCUT2D eigenvalue weighted by molar-refractivity contribution is -0.137. The monoisotopic (exact) mass is 482 g/mol. The average molecular weight is 483 g/mol. The Bertz CT molecular complexity index is 1190. The Balaban J connectivity index is 1.58. The van der Waals surface area contributed by atoms with Crippen LogP contribution in [0.2, 0.25) is 0 Å². The first-order chi connectivity index (χ1) is 16.6. The SMILES string of the molecule is Cc1ccc(-c2ccnc(C)c2)c(C(=O)N2CCC[C@@H](C)[C@H]2CNc2ccc(C(F)(F)F)cn2)c1. The van der Waals surface area contributed by atoms with Gasteiger partial charge in [0.2, 0.25) is 0 Å². The molecular weight excluding hydrogens is 453 g/mol. The van der Waals surface area contributed by atoms with E-state index in [0.717, 1.165) is 47.5 Å². The highest BCUT2D eigenvalue weighted by Gasteiger charge is 2.34. The van der Waals surface area contributed by atoms with Crippen molar-refractivity contribution in [2.75, 3.05) is 18.4 Å². The normalized spacial score (nSPS) is 18.4. The van der Waals surface area contributed by atoms with Gasteiger partial charge in [-0.15, -0.1) is 0 Å². The van der Waals surface area contributed by atoms with Gasteiger partial charge in [-0.05, 0) is 74.1 Å². The van der Waals surface area contributed by atoms with E-state index in [0.29, 0.717) is 24.5 Å². The molecule has 4 rings (SSSR count). The number of likely N-dealkylation sites (tertiary alicyclic amines) is 1. The van der Waals surface area contributed by atoms with Crippen LogP contribution in [-0.4, -0.2) is 39.9 Å². The summed E-state index contributed by atoms with van der Waals surface area (Å²) < 4.78 is 38.5. The molecule has 0 unspecified atom stereocenters. The number of aryl methyl sites for hydroxylation is 2. The number of piperidine rings is 1. The smallest absolute Gasteiger partial charge is 0.368 e. The number of benzene rings is 1. The maximum absolute atomic E-state index is 13.9. The maximum Gasteiger partial charge on any atom is 0.417 e. The van der Waals surface area contributed by atoms with Crippen LogP contribution in [0.1, 0.15) is 46.9 Å². The zero-order valence-corrected chi connectivity index (χ0v) is 20.1. The van der Waals surface area contributed by atoms with Crippen LogP contribution < -0.4 is 5.32 Å². The predicted molar refractivity (Wildman–Crippen MR) is 130 cm³/mol. The first-order valence-corrected chi connectivity index (χ1v) is 11.8. The van der Waals surface area contributed by atoms with Gasteiger partial charge in [-0.25, -0.2) is 4.98 Å². The van der Waals surface area contributed by atoms with E-state index in [4.69, 9.17) is 0 Å². The summed E-state index contributed by atoms with van der Waals surface area (Å²) >= 11 is 0. The number of rotatable bonds is 5. The molecule has 1 amide bonds. The third kappa shape index (κ3) is 5.63. The number of anilines is 1. The second kappa shape index (κ2) is 10.1. The molecule has 1 aromatic carbocycles. The number of halogens is 3. The topological polar surface area (TPSA) is 58.1 Å². The number of nitrogens with one attached hydrogen (secondary N) is 1. The molecule has 2 aromatic heterocycles. The average Bonchev–Trinajstić information content (AvgIpc) is 2.82. The molecule has 184 valence electrons. The highest BCUT2D eigenvalue weighted by atomic mass is 19.4. The standard InChI is InChI=1S/C27H29F3N4O/c1-17-6-8-22(20-10-11-31-19(3)14-20)23(13-17)26(35)34-12-4-5-18(2)24(34)16-33-25-9-7-21(15-32-25)27(28,29)30/h6-11,13-15,18,24H,4-5,12,16H2,1-3H3,(H,32,33)/t18-,24-/m1/s1. The van der Waals surface area contributed by atoms with Crippen molar-refractivity contribution in [3.8, 4) is 11.1 Å². The second-order valence-corrected chi connectivity index (χ2v) is 9.23. The summed E-state index contributed by atoms with van der Waals surface area (Å²) in [5.41, 5.74) is 3.53. The highest BCUT2D eigenvalue weighted by molar-refractivity contribution is 6.01. The van der Waals surface area contributed by atoms with Gasteiger partial charge in [0, 0.05) is 36.7 Å². The molecule has 1 aliphatic rings. The van der Waals surface area contributed by atoms with Crippen molar-refractivity contribution in [3.05, 3.63) is 77.2 Å². The summed E-state index contributed by atoms with van der Waals surface area (Å²) in [5.74, 6) is 0.537. The summed E-state index contributed by atoms with van der Waals surface area (Å²) in [6, 6.07) is 12.0. The number of pyridine rings is 2. The molecule has 3 heterocycles. The van der Waals surface area contributed by atoms with Gasteiger partial charge in [0.1, 0.15) is 5.82 Å². The van der Waals surface area contributed by atoms with Crippen LogP contribution in [0.15, 0.2) is 54.9 Å². The lowest BCUT2D eigenvalue weighted by atomic mass is 9.89. The summed E-state index contributed by atoms with van der Waals surface area (Å²) in [5, 5.41) is 3.14. The van der Waals surface area contributed by atoms with E-state index in [1.54, 1.807) is 6.20 Å². The number of aromatic nitrogens is 2. The molecule has 1 fully saturated rings. The molecule has 0 aliphatic carbocycles. The highest BCUT2D eigenvalue weighted by Crippen LogP contribution is 2.31. The van der Waals surface area contributed by atoms with Gasteiger partial charge < -0.3 is 10.2 Å². The van der Waals surface area contributed by atoms with E-state index in [1.807, 2.05) is 49.1 Å². The molecule has 1 aliphatic heterocycles. The Morgan fingerprint density at radius 2 is 1.91 bits per heavy atom. The Labute approximate surface area is 203 Å². The van der Waals surface area contributed by atoms with Crippen molar-refractivity contribution in [2.24, 2.45) is 5.92 Å². The Morgan fingerprint density at radius 3 is 2.60 bits per heavy atom. The molecule has 1 N–H and O–H groups in total. The first kappa shape index (κ1) is 24.7. The van der Waals surface area contributed by atoms with E-state index >= 15 is 0 Å². The number of carbonyl (C=O) groups excluding carboxylic acids is 1. The molecular formula is C27H29F3N4O. The zero-order chi connectivity index (χ0) is 25.2. The fourth-order valence-corrected chi connectivity index (χ4v) is 4.64. The maximum atomic E-state index is 13.9. The van der Waals surface area contributed by atoms with Crippen molar-refractivity contribution >= 4 is 11.7 Å². The molecule has 0 radical (unpaired) electrons. The molecule has 8 heteroatoms. The Kier molecular flexibility index (Phi) is 7.10. The van der Waals surface area contributed by atoms with Crippen molar-refractivity contribution in [1.29, 1.82) is 0 Å². The molecule has 0 spiro atoms. The van der Waals surface area contributed by atoms with E-state index in [2.05, 4.69) is 22.2 Å². The number of nitrogens with zero attached hydrogens (tertiary/aromatic N) is 3. The van der Waals surface area contributed by atoms with E-state index < -0.39 is 11.7 Å². The van der Waals surface area contributed by atoms with Crippen LogP contribution in [0, 0.1) is 19.8 Å².